The van der Waals surface area contributed by atoms with Gasteiger partial charge in [0.15, 0.2) is 12.0 Å². The number of piperidine rings is 1. The van der Waals surface area contributed by atoms with Crippen LogP contribution in [-0.2, 0) is 20.7 Å². The van der Waals surface area contributed by atoms with Gasteiger partial charge in [0.25, 0.3) is 0 Å². The van der Waals surface area contributed by atoms with Crippen LogP contribution in [-0.4, -0.2) is 41.5 Å². The fourth-order valence-corrected chi connectivity index (χ4v) is 2.92. The van der Waals surface area contributed by atoms with E-state index in [1.54, 1.807) is 0 Å². The van der Waals surface area contributed by atoms with Gasteiger partial charge in [0.2, 0.25) is 5.91 Å². The predicted molar refractivity (Wildman–Crippen MR) is 83.7 cm³/mol. The number of amides is 1. The van der Waals surface area contributed by atoms with Gasteiger partial charge in [-0.3, -0.25) is 9.59 Å². The van der Waals surface area contributed by atoms with Crippen molar-refractivity contribution in [1.82, 2.24) is 9.88 Å². The standard InChI is InChI=1S/C17H20N2O4/c1-2-22-17(21)13-5-7-19(8-6-13)16(20)10-12-3-4-14-15(9-12)23-11-18-14/h3-4,9,11,13H,2,5-8,10H2,1H3. The Kier molecular flexibility index (Phi) is 4.60. The summed E-state index contributed by atoms with van der Waals surface area (Å²) in [7, 11) is 0. The zero-order valence-corrected chi connectivity index (χ0v) is 13.2. The topological polar surface area (TPSA) is 72.6 Å². The van der Waals surface area contributed by atoms with Gasteiger partial charge in [0, 0.05) is 13.1 Å². The highest BCUT2D eigenvalue weighted by Gasteiger charge is 2.28. The van der Waals surface area contributed by atoms with E-state index in [4.69, 9.17) is 9.15 Å². The number of rotatable bonds is 4. The molecule has 0 bridgehead atoms. The molecule has 2 heterocycles. The molecule has 6 heteroatoms. The molecule has 0 aliphatic carbocycles. The summed E-state index contributed by atoms with van der Waals surface area (Å²) in [5, 5.41) is 0. The molecule has 1 aromatic heterocycles. The highest BCUT2D eigenvalue weighted by atomic mass is 16.5. The summed E-state index contributed by atoms with van der Waals surface area (Å²) in [4.78, 5) is 30.0. The second-order valence-corrected chi connectivity index (χ2v) is 5.74. The van der Waals surface area contributed by atoms with Gasteiger partial charge in [-0.2, -0.15) is 0 Å². The van der Waals surface area contributed by atoms with Gasteiger partial charge in [-0.05, 0) is 37.5 Å². The van der Waals surface area contributed by atoms with Gasteiger partial charge in [-0.25, -0.2) is 4.98 Å². The average molecular weight is 316 g/mol. The Labute approximate surface area is 134 Å². The van der Waals surface area contributed by atoms with E-state index in [9.17, 15) is 9.59 Å². The molecule has 0 radical (unpaired) electrons. The fraction of sp³-hybridized carbons (Fsp3) is 0.471. The lowest BCUT2D eigenvalue weighted by atomic mass is 9.96. The number of hydrogen-bond donors (Lipinski definition) is 0. The van der Waals surface area contributed by atoms with Crippen molar-refractivity contribution in [3.8, 4) is 0 Å². The van der Waals surface area contributed by atoms with E-state index >= 15 is 0 Å². The van der Waals surface area contributed by atoms with E-state index in [1.807, 2.05) is 30.0 Å². The molecule has 1 aromatic carbocycles. The smallest absolute Gasteiger partial charge is 0.309 e. The summed E-state index contributed by atoms with van der Waals surface area (Å²) in [6.07, 6.45) is 3.08. The van der Waals surface area contributed by atoms with Crippen molar-refractivity contribution in [1.29, 1.82) is 0 Å². The predicted octanol–water partition coefficient (Wildman–Crippen LogP) is 2.17. The lowest BCUT2D eigenvalue weighted by Crippen LogP contribution is -2.41. The van der Waals surface area contributed by atoms with Crippen molar-refractivity contribution in [2.24, 2.45) is 5.92 Å². The van der Waals surface area contributed by atoms with Crippen LogP contribution in [0, 0.1) is 5.92 Å². The molecule has 1 aliphatic rings. The Balaban J connectivity index is 1.56. The van der Waals surface area contributed by atoms with Gasteiger partial charge in [-0.1, -0.05) is 6.07 Å². The molecule has 1 fully saturated rings. The maximum absolute atomic E-state index is 12.4. The first-order chi connectivity index (χ1) is 11.2. The van der Waals surface area contributed by atoms with E-state index in [0.29, 0.717) is 44.5 Å². The minimum absolute atomic E-state index is 0.0752. The molecule has 3 rings (SSSR count). The van der Waals surface area contributed by atoms with Crippen LogP contribution >= 0.6 is 0 Å². The fourth-order valence-electron chi connectivity index (χ4n) is 2.92. The number of fused-ring (bicyclic) bond motifs is 1. The first kappa shape index (κ1) is 15.5. The highest BCUT2D eigenvalue weighted by Crippen LogP contribution is 2.20. The second kappa shape index (κ2) is 6.81. The van der Waals surface area contributed by atoms with Gasteiger partial charge >= 0.3 is 5.97 Å². The van der Waals surface area contributed by atoms with Crippen molar-refractivity contribution in [2.45, 2.75) is 26.2 Å². The van der Waals surface area contributed by atoms with Gasteiger partial charge in [0.1, 0.15) is 5.52 Å². The number of nitrogens with zero attached hydrogens (tertiary/aromatic N) is 2. The molecule has 0 atom stereocenters. The lowest BCUT2D eigenvalue weighted by Gasteiger charge is -2.31. The molecule has 1 aliphatic heterocycles. The number of hydrogen-bond acceptors (Lipinski definition) is 5. The van der Waals surface area contributed by atoms with E-state index in [0.717, 1.165) is 11.1 Å². The van der Waals surface area contributed by atoms with Crippen molar-refractivity contribution in [2.75, 3.05) is 19.7 Å². The largest absolute Gasteiger partial charge is 0.466 e. The number of carbonyl (C=O) groups is 2. The van der Waals surface area contributed by atoms with Crippen molar-refractivity contribution in [3.63, 3.8) is 0 Å². The first-order valence-corrected chi connectivity index (χ1v) is 7.94. The Morgan fingerprint density at radius 1 is 1.35 bits per heavy atom. The van der Waals surface area contributed by atoms with Crippen LogP contribution in [0.3, 0.4) is 0 Å². The van der Waals surface area contributed by atoms with Crippen LogP contribution in [0.1, 0.15) is 25.3 Å². The third-order valence-electron chi connectivity index (χ3n) is 4.22. The maximum atomic E-state index is 12.4. The van der Waals surface area contributed by atoms with Gasteiger partial charge in [-0.15, -0.1) is 0 Å². The second-order valence-electron chi connectivity index (χ2n) is 5.74. The quantitative estimate of drug-likeness (QED) is 0.808. The molecular weight excluding hydrogens is 296 g/mol. The SMILES string of the molecule is CCOC(=O)C1CCN(C(=O)Cc2ccc3ncoc3c2)CC1. The van der Waals surface area contributed by atoms with Crippen LogP contribution in [0.25, 0.3) is 11.1 Å². The summed E-state index contributed by atoms with van der Waals surface area (Å²) in [6, 6.07) is 5.61. The minimum atomic E-state index is -0.143. The molecular formula is C17H20N2O4. The third kappa shape index (κ3) is 3.52. The highest BCUT2D eigenvalue weighted by molar-refractivity contribution is 5.81. The van der Waals surface area contributed by atoms with Crippen molar-refractivity contribution >= 4 is 23.0 Å². The number of ether oxygens (including phenoxy) is 1. The molecule has 0 spiro atoms. The zero-order valence-electron chi connectivity index (χ0n) is 13.2. The number of likely N-dealkylation sites (tertiary alicyclic amines) is 1. The molecule has 122 valence electrons. The molecule has 1 saturated heterocycles. The Bertz CT molecular complexity index is 701. The van der Waals surface area contributed by atoms with E-state index in [1.165, 1.54) is 6.39 Å². The summed E-state index contributed by atoms with van der Waals surface area (Å²) in [5.41, 5.74) is 2.39. The van der Waals surface area contributed by atoms with Crippen LogP contribution in [0.2, 0.25) is 0 Å². The maximum Gasteiger partial charge on any atom is 0.309 e. The van der Waals surface area contributed by atoms with Crippen LogP contribution < -0.4 is 0 Å². The van der Waals surface area contributed by atoms with Crippen LogP contribution in [0.4, 0.5) is 0 Å². The number of aromatic nitrogens is 1. The summed E-state index contributed by atoms with van der Waals surface area (Å²) >= 11 is 0. The van der Waals surface area contributed by atoms with E-state index in [-0.39, 0.29) is 17.8 Å². The summed E-state index contributed by atoms with van der Waals surface area (Å²) in [6.45, 7) is 3.42. The molecule has 2 aromatic rings. The molecule has 0 saturated carbocycles. The monoisotopic (exact) mass is 316 g/mol. The molecule has 6 nitrogen and oxygen atoms in total. The Morgan fingerprint density at radius 2 is 2.13 bits per heavy atom. The van der Waals surface area contributed by atoms with Crippen LogP contribution in [0.15, 0.2) is 29.0 Å². The normalized spacial score (nSPS) is 15.8. The Morgan fingerprint density at radius 3 is 2.87 bits per heavy atom. The summed E-state index contributed by atoms with van der Waals surface area (Å²) in [5.74, 6) is -0.147. The van der Waals surface area contributed by atoms with Gasteiger partial charge in [0.05, 0.1) is 18.9 Å². The first-order valence-electron chi connectivity index (χ1n) is 7.94. The zero-order chi connectivity index (χ0) is 16.2. The minimum Gasteiger partial charge on any atom is -0.466 e. The molecule has 0 N–H and O–H groups in total. The molecule has 23 heavy (non-hydrogen) atoms. The number of benzene rings is 1. The average Bonchev–Trinajstić information content (AvgIpc) is 3.03. The number of carbonyl (C=O) groups excluding carboxylic acids is 2. The molecule has 1 amide bonds. The van der Waals surface area contributed by atoms with E-state index < -0.39 is 0 Å². The van der Waals surface area contributed by atoms with Gasteiger partial charge < -0.3 is 14.1 Å². The number of esters is 1. The summed E-state index contributed by atoms with van der Waals surface area (Å²) < 4.78 is 10.3. The lowest BCUT2D eigenvalue weighted by molar-refractivity contribution is -0.151. The third-order valence-corrected chi connectivity index (χ3v) is 4.22. The Hall–Kier alpha value is -2.37. The van der Waals surface area contributed by atoms with Crippen LogP contribution in [0.5, 0.6) is 0 Å². The number of oxazole rings is 1. The molecule has 0 unspecified atom stereocenters. The van der Waals surface area contributed by atoms with Crippen molar-refractivity contribution in [3.05, 3.63) is 30.2 Å². The van der Waals surface area contributed by atoms with E-state index in [2.05, 4.69) is 4.98 Å². The van der Waals surface area contributed by atoms with Crippen molar-refractivity contribution < 1.29 is 18.7 Å².